The molecule has 18 heavy (non-hydrogen) atoms. The van der Waals surface area contributed by atoms with Gasteiger partial charge in [-0.3, -0.25) is 4.79 Å². The van der Waals surface area contributed by atoms with Crippen LogP contribution in [-0.2, 0) is 11.3 Å². The first-order chi connectivity index (χ1) is 8.75. The third-order valence-corrected chi connectivity index (χ3v) is 4.25. The van der Waals surface area contributed by atoms with E-state index in [0.29, 0.717) is 12.3 Å². The molecule has 1 amide bonds. The van der Waals surface area contributed by atoms with Crippen LogP contribution in [0.4, 0.5) is 0 Å². The molecule has 1 aliphatic rings. The molecule has 0 atom stereocenters. The van der Waals surface area contributed by atoms with Crippen molar-refractivity contribution < 1.29 is 9.21 Å². The van der Waals surface area contributed by atoms with Crippen LogP contribution in [0.3, 0.4) is 0 Å². The first-order valence-electron chi connectivity index (χ1n) is 5.96. The van der Waals surface area contributed by atoms with Crippen LogP contribution in [0.2, 0.25) is 0 Å². The molecule has 1 aromatic rings. The lowest BCUT2D eigenvalue weighted by molar-refractivity contribution is -0.118. The van der Waals surface area contributed by atoms with Crippen molar-refractivity contribution in [2.75, 3.05) is 18.8 Å². The average Bonchev–Trinajstić information content (AvgIpc) is 3.05. The molecular formula is C12H16N2O2S2. The van der Waals surface area contributed by atoms with E-state index in [2.05, 4.69) is 10.2 Å². The summed E-state index contributed by atoms with van der Waals surface area (Å²) in [5.74, 6) is 1.11. The minimum absolute atomic E-state index is 0.0158. The van der Waals surface area contributed by atoms with Gasteiger partial charge in [0.2, 0.25) is 5.91 Å². The predicted octanol–water partition coefficient (Wildman–Crippen LogP) is 2.01. The standard InChI is InChI=1S/C12H16N2O2S2/c15-11(13-8-10-4-3-7-16-10)9-18-12(17)14-5-1-2-6-14/h3-4,7H,1-2,5-6,8-9H2,(H,13,15). The number of carbonyl (C=O) groups is 1. The Morgan fingerprint density at radius 1 is 1.50 bits per heavy atom. The third kappa shape index (κ3) is 4.03. The molecule has 0 saturated carbocycles. The van der Waals surface area contributed by atoms with Gasteiger partial charge in [-0.25, -0.2) is 0 Å². The van der Waals surface area contributed by atoms with Gasteiger partial charge in [-0.15, -0.1) is 0 Å². The second kappa shape index (κ2) is 6.80. The molecule has 1 N–H and O–H groups in total. The molecule has 0 radical (unpaired) electrons. The first-order valence-corrected chi connectivity index (χ1v) is 7.36. The van der Waals surface area contributed by atoms with Crippen molar-refractivity contribution in [2.24, 2.45) is 0 Å². The lowest BCUT2D eigenvalue weighted by Gasteiger charge is -2.17. The largest absolute Gasteiger partial charge is 0.467 e. The quantitative estimate of drug-likeness (QED) is 0.857. The number of nitrogens with zero attached hydrogens (tertiary/aromatic N) is 1. The van der Waals surface area contributed by atoms with Crippen LogP contribution >= 0.6 is 24.0 Å². The molecule has 1 fully saturated rings. The first kappa shape index (κ1) is 13.4. The van der Waals surface area contributed by atoms with Gasteiger partial charge in [0, 0.05) is 13.1 Å². The molecule has 2 rings (SSSR count). The number of thioether (sulfide) groups is 1. The van der Waals surface area contributed by atoms with E-state index in [-0.39, 0.29) is 5.91 Å². The van der Waals surface area contributed by atoms with Crippen molar-refractivity contribution in [1.29, 1.82) is 0 Å². The molecule has 0 unspecified atom stereocenters. The minimum Gasteiger partial charge on any atom is -0.467 e. The van der Waals surface area contributed by atoms with Crippen molar-refractivity contribution >= 4 is 34.2 Å². The van der Waals surface area contributed by atoms with Gasteiger partial charge < -0.3 is 14.6 Å². The van der Waals surface area contributed by atoms with Gasteiger partial charge in [-0.2, -0.15) is 0 Å². The monoisotopic (exact) mass is 284 g/mol. The smallest absolute Gasteiger partial charge is 0.230 e. The van der Waals surface area contributed by atoms with Crippen LogP contribution in [0, 0.1) is 0 Å². The maximum Gasteiger partial charge on any atom is 0.230 e. The Balaban J connectivity index is 1.63. The van der Waals surface area contributed by atoms with E-state index in [1.807, 2.05) is 6.07 Å². The number of hydrogen-bond donors (Lipinski definition) is 1. The fraction of sp³-hybridized carbons (Fsp3) is 0.500. The molecule has 1 aromatic heterocycles. The lowest BCUT2D eigenvalue weighted by atomic mass is 10.4. The van der Waals surface area contributed by atoms with Crippen molar-refractivity contribution in [2.45, 2.75) is 19.4 Å². The molecule has 1 aliphatic heterocycles. The topological polar surface area (TPSA) is 45.5 Å². The number of rotatable bonds is 4. The number of amides is 1. The van der Waals surface area contributed by atoms with Gasteiger partial charge >= 0.3 is 0 Å². The molecule has 2 heterocycles. The number of likely N-dealkylation sites (tertiary alicyclic amines) is 1. The fourth-order valence-corrected chi connectivity index (χ4v) is 2.85. The highest BCUT2D eigenvalue weighted by Crippen LogP contribution is 2.15. The minimum atomic E-state index is -0.0158. The zero-order chi connectivity index (χ0) is 12.8. The van der Waals surface area contributed by atoms with E-state index in [1.54, 1.807) is 12.3 Å². The molecule has 1 saturated heterocycles. The van der Waals surface area contributed by atoms with Crippen LogP contribution in [0.25, 0.3) is 0 Å². The summed E-state index contributed by atoms with van der Waals surface area (Å²) in [5.41, 5.74) is 0. The second-order valence-corrected chi connectivity index (χ2v) is 5.71. The summed E-state index contributed by atoms with van der Waals surface area (Å²) in [6.07, 6.45) is 4.00. The highest BCUT2D eigenvalue weighted by atomic mass is 32.2. The molecular weight excluding hydrogens is 268 g/mol. The van der Waals surface area contributed by atoms with E-state index in [0.717, 1.165) is 23.2 Å². The van der Waals surface area contributed by atoms with Crippen molar-refractivity contribution in [3.8, 4) is 0 Å². The average molecular weight is 284 g/mol. The zero-order valence-electron chi connectivity index (χ0n) is 10.1. The number of nitrogens with one attached hydrogen (secondary N) is 1. The molecule has 0 bridgehead atoms. The van der Waals surface area contributed by atoms with Crippen LogP contribution in [0.15, 0.2) is 22.8 Å². The fourth-order valence-electron chi connectivity index (χ4n) is 1.77. The maximum absolute atomic E-state index is 11.6. The predicted molar refractivity (Wildman–Crippen MR) is 76.4 cm³/mol. The van der Waals surface area contributed by atoms with Gasteiger partial charge in [0.25, 0.3) is 0 Å². The van der Waals surface area contributed by atoms with Crippen LogP contribution in [0.5, 0.6) is 0 Å². The maximum atomic E-state index is 11.6. The van der Waals surface area contributed by atoms with Gasteiger partial charge in [0.1, 0.15) is 10.1 Å². The van der Waals surface area contributed by atoms with Gasteiger partial charge in [-0.1, -0.05) is 24.0 Å². The molecule has 0 spiro atoms. The Kier molecular flexibility index (Phi) is 5.07. The van der Waals surface area contributed by atoms with Crippen LogP contribution < -0.4 is 5.32 Å². The molecule has 98 valence electrons. The summed E-state index contributed by atoms with van der Waals surface area (Å²) >= 11 is 6.72. The summed E-state index contributed by atoms with van der Waals surface area (Å²) < 4.78 is 5.97. The van der Waals surface area contributed by atoms with Crippen LogP contribution in [-0.4, -0.2) is 34.0 Å². The third-order valence-electron chi connectivity index (χ3n) is 2.73. The number of furan rings is 1. The van der Waals surface area contributed by atoms with Gasteiger partial charge in [-0.05, 0) is 25.0 Å². The van der Waals surface area contributed by atoms with E-state index in [9.17, 15) is 4.79 Å². The summed E-state index contributed by atoms with van der Waals surface area (Å²) in [4.78, 5) is 13.8. The van der Waals surface area contributed by atoms with E-state index < -0.39 is 0 Å². The Hall–Kier alpha value is -1.01. The normalized spacial score (nSPS) is 14.8. The van der Waals surface area contributed by atoms with Crippen LogP contribution in [0.1, 0.15) is 18.6 Å². The number of carbonyl (C=O) groups excluding carboxylic acids is 1. The summed E-state index contributed by atoms with van der Waals surface area (Å²) in [7, 11) is 0. The highest BCUT2D eigenvalue weighted by molar-refractivity contribution is 8.23. The molecule has 4 nitrogen and oxygen atoms in total. The Bertz CT molecular complexity index is 400. The van der Waals surface area contributed by atoms with E-state index in [1.165, 1.54) is 24.6 Å². The SMILES string of the molecule is O=C(CSC(=S)N1CCCC1)NCc1ccco1. The van der Waals surface area contributed by atoms with Gasteiger partial charge in [0.15, 0.2) is 0 Å². The Morgan fingerprint density at radius 3 is 2.94 bits per heavy atom. The number of thiocarbonyl (C=S) groups is 1. The second-order valence-electron chi connectivity index (χ2n) is 4.10. The van der Waals surface area contributed by atoms with Crippen molar-refractivity contribution in [3.05, 3.63) is 24.2 Å². The molecule has 6 heteroatoms. The highest BCUT2D eigenvalue weighted by Gasteiger charge is 2.16. The van der Waals surface area contributed by atoms with Gasteiger partial charge in [0.05, 0.1) is 18.6 Å². The van der Waals surface area contributed by atoms with Crippen molar-refractivity contribution in [1.82, 2.24) is 10.2 Å². The molecule has 0 aromatic carbocycles. The van der Waals surface area contributed by atoms with E-state index >= 15 is 0 Å². The van der Waals surface area contributed by atoms with Crippen molar-refractivity contribution in [3.63, 3.8) is 0 Å². The Morgan fingerprint density at radius 2 is 2.28 bits per heavy atom. The Labute approximate surface area is 116 Å². The summed E-state index contributed by atoms with van der Waals surface area (Å²) in [5, 5.41) is 2.80. The summed E-state index contributed by atoms with van der Waals surface area (Å²) in [6.45, 7) is 2.49. The van der Waals surface area contributed by atoms with E-state index in [4.69, 9.17) is 16.6 Å². The zero-order valence-corrected chi connectivity index (χ0v) is 11.7. The number of hydrogen-bond acceptors (Lipinski definition) is 4. The summed E-state index contributed by atoms with van der Waals surface area (Å²) in [6, 6.07) is 3.64. The molecule has 0 aliphatic carbocycles. The lowest BCUT2D eigenvalue weighted by Crippen LogP contribution is -2.28.